The number of aromatic carboxylic acids is 1. The van der Waals surface area contributed by atoms with Crippen LogP contribution in [-0.4, -0.2) is 36.9 Å². The molecule has 0 unspecified atom stereocenters. The van der Waals surface area contributed by atoms with E-state index in [1.807, 2.05) is 4.68 Å². The summed E-state index contributed by atoms with van der Waals surface area (Å²) in [5, 5.41) is 13.7. The molecule has 1 saturated carbocycles. The zero-order chi connectivity index (χ0) is 13.1. The molecule has 1 N–H and O–H groups in total. The third kappa shape index (κ3) is 1.73. The van der Waals surface area contributed by atoms with Crippen LogP contribution >= 0.6 is 0 Å². The van der Waals surface area contributed by atoms with E-state index in [4.69, 9.17) is 0 Å². The van der Waals surface area contributed by atoms with E-state index in [0.29, 0.717) is 11.8 Å². The van der Waals surface area contributed by atoms with Crippen molar-refractivity contribution in [3.05, 3.63) is 17.0 Å². The topological polar surface area (TPSA) is 78.2 Å². The third-order valence-corrected chi connectivity index (χ3v) is 6.08. The van der Waals surface area contributed by atoms with E-state index in [0.717, 1.165) is 36.3 Å². The Morgan fingerprint density at radius 2 is 2.16 bits per heavy atom. The van der Waals surface area contributed by atoms with Crippen LogP contribution in [0, 0.1) is 5.92 Å². The summed E-state index contributed by atoms with van der Waals surface area (Å²) in [6, 6.07) is 0.249. The summed E-state index contributed by atoms with van der Waals surface area (Å²) < 4.78 is 13.4. The number of carbonyl (C=O) groups is 1. The zero-order valence-corrected chi connectivity index (χ0v) is 11.4. The minimum Gasteiger partial charge on any atom is -0.616 e. The highest BCUT2D eigenvalue weighted by atomic mass is 32.2. The maximum absolute atomic E-state index is 11.4. The number of hydrogen-bond donors (Lipinski definition) is 1. The van der Waals surface area contributed by atoms with Crippen molar-refractivity contribution in [1.82, 2.24) is 9.78 Å². The molecule has 0 amide bonds. The molecule has 1 aliphatic heterocycles. The molecule has 0 spiro atoms. The SMILES string of the molecule is O=C(O)c1nn(C2CC[S+]([O-])CC2)c2c1C[C@H]1C[C@@H]21. The molecule has 2 atom stereocenters. The molecule has 2 fully saturated rings. The molecule has 1 saturated heterocycles. The molecule has 6 heteroatoms. The second kappa shape index (κ2) is 3.99. The standard InChI is InChI=1S/C13H16N2O3S/c16-13(17)11-10-6-7-5-9(7)12(10)15(14-11)8-1-3-19(18)4-2-8/h7-9H,1-6H2,(H,16,17)/t7-,8?,9-,19?/m1/s1. The van der Waals surface area contributed by atoms with Gasteiger partial charge in [0.1, 0.15) is 11.5 Å². The predicted octanol–water partition coefficient (Wildman–Crippen LogP) is 1.32. The molecule has 1 aromatic rings. The van der Waals surface area contributed by atoms with Crippen LogP contribution in [-0.2, 0) is 17.6 Å². The fraction of sp³-hybridized carbons (Fsp3) is 0.692. The van der Waals surface area contributed by atoms with Crippen LogP contribution < -0.4 is 0 Å². The van der Waals surface area contributed by atoms with Gasteiger partial charge in [-0.2, -0.15) is 5.10 Å². The van der Waals surface area contributed by atoms with E-state index in [9.17, 15) is 14.5 Å². The molecule has 2 aliphatic carbocycles. The Kier molecular flexibility index (Phi) is 2.48. The van der Waals surface area contributed by atoms with E-state index in [2.05, 4.69) is 5.10 Å². The molecule has 5 nitrogen and oxygen atoms in total. The van der Waals surface area contributed by atoms with E-state index < -0.39 is 17.1 Å². The van der Waals surface area contributed by atoms with Crippen LogP contribution in [0.15, 0.2) is 0 Å². The first-order valence-corrected chi connectivity index (χ1v) is 8.33. The number of carboxylic acids is 1. The summed E-state index contributed by atoms with van der Waals surface area (Å²) in [6.45, 7) is 0. The first-order chi connectivity index (χ1) is 9.15. The molecule has 0 bridgehead atoms. The molecule has 19 heavy (non-hydrogen) atoms. The Morgan fingerprint density at radius 1 is 1.42 bits per heavy atom. The van der Waals surface area contributed by atoms with Crippen molar-refractivity contribution >= 4 is 17.1 Å². The average Bonchev–Trinajstić information content (AvgIpc) is 2.89. The van der Waals surface area contributed by atoms with Crippen LogP contribution in [0.5, 0.6) is 0 Å². The van der Waals surface area contributed by atoms with Gasteiger partial charge in [0.15, 0.2) is 5.69 Å². The molecule has 4 rings (SSSR count). The largest absolute Gasteiger partial charge is 0.616 e. The summed E-state index contributed by atoms with van der Waals surface area (Å²) in [6.07, 6.45) is 3.80. The van der Waals surface area contributed by atoms with Crippen LogP contribution in [0.25, 0.3) is 0 Å². The van der Waals surface area contributed by atoms with E-state index >= 15 is 0 Å². The second-order valence-corrected chi connectivity index (χ2v) is 7.54. The lowest BCUT2D eigenvalue weighted by Crippen LogP contribution is -2.27. The van der Waals surface area contributed by atoms with Gasteiger partial charge in [0.2, 0.25) is 0 Å². The average molecular weight is 280 g/mol. The highest BCUT2D eigenvalue weighted by Gasteiger charge is 2.50. The second-order valence-electron chi connectivity index (χ2n) is 5.85. The molecule has 2 heterocycles. The molecule has 3 aliphatic rings. The highest BCUT2D eigenvalue weighted by Crippen LogP contribution is 2.57. The number of nitrogens with zero attached hydrogens (tertiary/aromatic N) is 2. The van der Waals surface area contributed by atoms with E-state index in [-0.39, 0.29) is 11.7 Å². The Hall–Kier alpha value is -1.01. The molecule has 0 aromatic carbocycles. The number of aromatic nitrogens is 2. The van der Waals surface area contributed by atoms with Gasteiger partial charge in [-0.3, -0.25) is 4.68 Å². The van der Waals surface area contributed by atoms with Crippen molar-refractivity contribution in [3.63, 3.8) is 0 Å². The normalized spacial score (nSPS) is 35.8. The van der Waals surface area contributed by atoms with E-state index in [1.165, 1.54) is 12.1 Å². The maximum atomic E-state index is 11.4. The van der Waals surface area contributed by atoms with Crippen LogP contribution in [0.4, 0.5) is 0 Å². The van der Waals surface area contributed by atoms with Gasteiger partial charge < -0.3 is 9.66 Å². The van der Waals surface area contributed by atoms with Gasteiger partial charge in [-0.25, -0.2) is 4.79 Å². The molecule has 102 valence electrons. The summed E-state index contributed by atoms with van der Waals surface area (Å²) in [7, 11) is 0. The molecule has 0 radical (unpaired) electrons. The van der Waals surface area contributed by atoms with Crippen molar-refractivity contribution in [2.45, 2.75) is 37.6 Å². The fourth-order valence-corrected chi connectivity index (χ4v) is 4.90. The lowest BCUT2D eigenvalue weighted by atomic mass is 10.1. The minimum atomic E-state index is -0.907. The Morgan fingerprint density at radius 3 is 2.84 bits per heavy atom. The summed E-state index contributed by atoms with van der Waals surface area (Å²) in [5.41, 5.74) is 2.41. The van der Waals surface area contributed by atoms with Gasteiger partial charge in [-0.1, -0.05) is 11.2 Å². The Balaban J connectivity index is 1.72. The van der Waals surface area contributed by atoms with Crippen molar-refractivity contribution in [2.24, 2.45) is 5.92 Å². The Bertz CT molecular complexity index is 548. The lowest BCUT2D eigenvalue weighted by Gasteiger charge is -2.25. The van der Waals surface area contributed by atoms with Gasteiger partial charge in [0.05, 0.1) is 6.04 Å². The number of rotatable bonds is 2. The van der Waals surface area contributed by atoms with Gasteiger partial charge >= 0.3 is 5.97 Å². The smallest absolute Gasteiger partial charge is 0.356 e. The molecular weight excluding hydrogens is 264 g/mol. The maximum Gasteiger partial charge on any atom is 0.356 e. The van der Waals surface area contributed by atoms with E-state index in [1.54, 1.807) is 0 Å². The summed E-state index contributed by atoms with van der Waals surface area (Å²) in [5.74, 6) is 1.74. The van der Waals surface area contributed by atoms with Crippen molar-refractivity contribution in [2.75, 3.05) is 11.5 Å². The van der Waals surface area contributed by atoms with Gasteiger partial charge in [0, 0.05) is 30.0 Å². The third-order valence-electron chi connectivity index (χ3n) is 4.70. The number of fused-ring (bicyclic) bond motifs is 3. The van der Waals surface area contributed by atoms with Crippen molar-refractivity contribution in [1.29, 1.82) is 0 Å². The van der Waals surface area contributed by atoms with Gasteiger partial charge in [-0.05, 0) is 18.8 Å². The van der Waals surface area contributed by atoms with Crippen molar-refractivity contribution in [3.8, 4) is 0 Å². The first kappa shape index (κ1) is 11.8. The Labute approximate surface area is 114 Å². The predicted molar refractivity (Wildman–Crippen MR) is 69.9 cm³/mol. The molecular formula is C13H16N2O3S. The quantitative estimate of drug-likeness (QED) is 0.829. The molecule has 1 aromatic heterocycles. The zero-order valence-electron chi connectivity index (χ0n) is 10.5. The number of hydrogen-bond acceptors (Lipinski definition) is 3. The minimum absolute atomic E-state index is 0.249. The van der Waals surface area contributed by atoms with Crippen LogP contribution in [0.1, 0.15) is 53.0 Å². The van der Waals surface area contributed by atoms with Crippen molar-refractivity contribution < 1.29 is 14.5 Å². The lowest BCUT2D eigenvalue weighted by molar-refractivity contribution is 0.0687. The number of carboxylic acid groups (broad SMARTS) is 1. The van der Waals surface area contributed by atoms with Gasteiger partial charge in [-0.15, -0.1) is 0 Å². The first-order valence-electron chi connectivity index (χ1n) is 6.84. The van der Waals surface area contributed by atoms with Gasteiger partial charge in [0.25, 0.3) is 0 Å². The van der Waals surface area contributed by atoms with Crippen LogP contribution in [0.2, 0.25) is 0 Å². The monoisotopic (exact) mass is 280 g/mol. The van der Waals surface area contributed by atoms with Crippen LogP contribution in [0.3, 0.4) is 0 Å². The highest BCUT2D eigenvalue weighted by molar-refractivity contribution is 7.91. The summed E-state index contributed by atoms with van der Waals surface area (Å²) >= 11 is -0.691. The summed E-state index contributed by atoms with van der Waals surface area (Å²) in [4.78, 5) is 11.3. The fourth-order valence-electron chi connectivity index (χ4n) is 3.62.